The highest BCUT2D eigenvalue weighted by Gasteiger charge is 2.24. The summed E-state index contributed by atoms with van der Waals surface area (Å²) < 4.78 is 5.78. The summed E-state index contributed by atoms with van der Waals surface area (Å²) in [6.45, 7) is 1.48. The largest absolute Gasteiger partial charge is 0.422 e. The molecule has 26 heavy (non-hydrogen) atoms. The van der Waals surface area contributed by atoms with Crippen molar-refractivity contribution in [1.82, 2.24) is 15.3 Å². The smallest absolute Gasteiger partial charge is 0.319 e. The van der Waals surface area contributed by atoms with Gasteiger partial charge in [-0.25, -0.2) is 9.78 Å². The van der Waals surface area contributed by atoms with Crippen molar-refractivity contribution in [2.45, 2.75) is 18.9 Å². The predicted molar refractivity (Wildman–Crippen MR) is 101 cm³/mol. The number of aromatic nitrogens is 2. The van der Waals surface area contributed by atoms with Crippen LogP contribution in [0.3, 0.4) is 0 Å². The Morgan fingerprint density at radius 3 is 2.92 bits per heavy atom. The van der Waals surface area contributed by atoms with Crippen molar-refractivity contribution in [2.24, 2.45) is 0 Å². The summed E-state index contributed by atoms with van der Waals surface area (Å²) in [4.78, 5) is 22.9. The number of nitrogens with zero attached hydrogens (tertiary/aromatic N) is 3. The normalized spacial score (nSPS) is 17.3. The summed E-state index contributed by atoms with van der Waals surface area (Å²) in [6, 6.07) is 11.0. The summed E-state index contributed by atoms with van der Waals surface area (Å²) in [5.41, 5.74) is 1.96. The molecule has 0 saturated carbocycles. The third-order valence-electron chi connectivity index (χ3n) is 4.28. The van der Waals surface area contributed by atoms with E-state index in [1.54, 1.807) is 30.5 Å². The van der Waals surface area contributed by atoms with Gasteiger partial charge in [-0.15, -0.1) is 0 Å². The number of hydrogen-bond acceptors (Lipinski definition) is 5. The number of benzene rings is 1. The lowest BCUT2D eigenvalue weighted by molar-refractivity contribution is 0.246. The second-order valence-electron chi connectivity index (χ2n) is 6.21. The van der Waals surface area contributed by atoms with Crippen LogP contribution in [0.1, 0.15) is 12.8 Å². The van der Waals surface area contributed by atoms with Crippen LogP contribution in [0.15, 0.2) is 47.0 Å². The number of carbonyl (C=O) groups is 1. The number of halogens is 1. The van der Waals surface area contributed by atoms with E-state index in [1.807, 2.05) is 17.0 Å². The van der Waals surface area contributed by atoms with Gasteiger partial charge in [-0.1, -0.05) is 11.6 Å². The van der Waals surface area contributed by atoms with Gasteiger partial charge in [0.2, 0.25) is 5.65 Å². The minimum absolute atomic E-state index is 0.0130. The SMILES string of the molecule is O=C(Nc1ccc(Cl)cc1)NC1CCCN(c2nc3ncccc3o2)C1. The minimum atomic E-state index is -0.238. The van der Waals surface area contributed by atoms with E-state index < -0.39 is 0 Å². The van der Waals surface area contributed by atoms with Crippen LogP contribution >= 0.6 is 11.6 Å². The number of rotatable bonds is 3. The first-order chi connectivity index (χ1) is 12.7. The highest BCUT2D eigenvalue weighted by molar-refractivity contribution is 6.30. The third kappa shape index (κ3) is 3.72. The number of nitrogens with one attached hydrogen (secondary N) is 2. The maximum atomic E-state index is 12.2. The molecule has 4 rings (SSSR count). The molecule has 3 heterocycles. The van der Waals surface area contributed by atoms with E-state index in [9.17, 15) is 4.79 Å². The van der Waals surface area contributed by atoms with E-state index in [4.69, 9.17) is 16.0 Å². The van der Waals surface area contributed by atoms with Crippen molar-refractivity contribution < 1.29 is 9.21 Å². The van der Waals surface area contributed by atoms with E-state index in [1.165, 1.54) is 0 Å². The molecule has 2 N–H and O–H groups in total. The number of pyridine rings is 1. The zero-order valence-corrected chi connectivity index (χ0v) is 14.7. The van der Waals surface area contributed by atoms with Crippen molar-refractivity contribution in [3.8, 4) is 0 Å². The molecule has 1 fully saturated rings. The Bertz CT molecular complexity index is 878. The van der Waals surface area contributed by atoms with Gasteiger partial charge in [0.15, 0.2) is 5.58 Å². The van der Waals surface area contributed by atoms with Crippen molar-refractivity contribution >= 4 is 40.6 Å². The summed E-state index contributed by atoms with van der Waals surface area (Å²) in [7, 11) is 0. The van der Waals surface area contributed by atoms with Gasteiger partial charge >= 0.3 is 6.03 Å². The number of carbonyl (C=O) groups excluding carboxylic acids is 1. The second kappa shape index (κ2) is 7.21. The van der Waals surface area contributed by atoms with Crippen molar-refractivity contribution in [3.05, 3.63) is 47.6 Å². The molecule has 1 aromatic carbocycles. The molecule has 7 nitrogen and oxygen atoms in total. The zero-order valence-electron chi connectivity index (χ0n) is 14.0. The van der Waals surface area contributed by atoms with Gasteiger partial charge in [-0.05, 0) is 49.2 Å². The first-order valence-electron chi connectivity index (χ1n) is 8.47. The predicted octanol–water partition coefficient (Wildman–Crippen LogP) is 3.67. The molecule has 0 bridgehead atoms. The minimum Gasteiger partial charge on any atom is -0.422 e. The number of amides is 2. The Morgan fingerprint density at radius 2 is 2.12 bits per heavy atom. The molecule has 1 aliphatic heterocycles. The van der Waals surface area contributed by atoms with Gasteiger partial charge in [-0.2, -0.15) is 4.98 Å². The monoisotopic (exact) mass is 371 g/mol. The molecule has 2 amide bonds. The molecule has 0 spiro atoms. The standard InChI is InChI=1S/C18H18ClN5O2/c19-12-5-7-13(8-6-12)21-17(25)22-14-3-2-10-24(11-14)18-23-16-15(26-18)4-1-9-20-16/h1,4-9,14H,2-3,10-11H2,(H2,21,22,25). The average Bonchev–Trinajstić information content (AvgIpc) is 3.08. The Labute approximate surface area is 155 Å². The van der Waals surface area contributed by atoms with Crippen LogP contribution in [0.4, 0.5) is 16.5 Å². The number of fused-ring (bicyclic) bond motifs is 1. The summed E-state index contributed by atoms with van der Waals surface area (Å²) in [6.07, 6.45) is 3.54. The molecule has 1 aliphatic rings. The molecule has 0 aliphatic carbocycles. The van der Waals surface area contributed by atoms with E-state index in [2.05, 4.69) is 20.6 Å². The molecule has 0 radical (unpaired) electrons. The summed E-state index contributed by atoms with van der Waals surface area (Å²) >= 11 is 5.85. The van der Waals surface area contributed by atoms with Gasteiger partial charge in [0.1, 0.15) is 0 Å². The quantitative estimate of drug-likeness (QED) is 0.734. The van der Waals surface area contributed by atoms with Gasteiger partial charge in [0.05, 0.1) is 0 Å². The van der Waals surface area contributed by atoms with Gasteiger partial charge in [0.25, 0.3) is 6.01 Å². The molecule has 8 heteroatoms. The first-order valence-corrected chi connectivity index (χ1v) is 8.85. The fourth-order valence-corrected chi connectivity index (χ4v) is 3.17. The Morgan fingerprint density at radius 1 is 1.27 bits per heavy atom. The van der Waals surface area contributed by atoms with E-state index in [-0.39, 0.29) is 12.1 Å². The maximum Gasteiger partial charge on any atom is 0.319 e. The second-order valence-corrected chi connectivity index (χ2v) is 6.65. The lowest BCUT2D eigenvalue weighted by atomic mass is 10.1. The Hall–Kier alpha value is -2.80. The number of hydrogen-bond donors (Lipinski definition) is 2. The number of piperidine rings is 1. The molecule has 2 aromatic heterocycles. The highest BCUT2D eigenvalue weighted by Crippen LogP contribution is 2.23. The van der Waals surface area contributed by atoms with Crippen LogP contribution in [0.25, 0.3) is 11.2 Å². The van der Waals surface area contributed by atoms with Gasteiger partial charge in [-0.3, -0.25) is 0 Å². The van der Waals surface area contributed by atoms with Crippen LogP contribution in [0, 0.1) is 0 Å². The van der Waals surface area contributed by atoms with E-state index in [0.29, 0.717) is 34.5 Å². The topological polar surface area (TPSA) is 83.3 Å². The Kier molecular flexibility index (Phi) is 4.62. The molecule has 1 unspecified atom stereocenters. The molecule has 3 aromatic rings. The van der Waals surface area contributed by atoms with Crippen molar-refractivity contribution in [1.29, 1.82) is 0 Å². The van der Waals surface area contributed by atoms with Crippen LogP contribution < -0.4 is 15.5 Å². The number of oxazole rings is 1. The van der Waals surface area contributed by atoms with E-state index in [0.717, 1.165) is 19.4 Å². The summed E-state index contributed by atoms with van der Waals surface area (Å²) in [5, 5.41) is 6.45. The third-order valence-corrected chi connectivity index (χ3v) is 4.53. The lowest BCUT2D eigenvalue weighted by Crippen LogP contribution is -2.49. The van der Waals surface area contributed by atoms with Crippen LogP contribution in [-0.2, 0) is 0 Å². The Balaban J connectivity index is 1.38. The van der Waals surface area contributed by atoms with Gasteiger partial charge < -0.3 is 20.0 Å². The lowest BCUT2D eigenvalue weighted by Gasteiger charge is -2.32. The molecule has 134 valence electrons. The van der Waals surface area contributed by atoms with Crippen molar-refractivity contribution in [3.63, 3.8) is 0 Å². The first kappa shape index (κ1) is 16.7. The molecule has 1 saturated heterocycles. The highest BCUT2D eigenvalue weighted by atomic mass is 35.5. The maximum absolute atomic E-state index is 12.2. The fraction of sp³-hybridized carbons (Fsp3) is 0.278. The van der Waals surface area contributed by atoms with E-state index >= 15 is 0 Å². The van der Waals surface area contributed by atoms with Crippen LogP contribution in [-0.4, -0.2) is 35.1 Å². The number of anilines is 2. The van der Waals surface area contributed by atoms with Crippen LogP contribution in [0.2, 0.25) is 5.02 Å². The van der Waals surface area contributed by atoms with Crippen LogP contribution in [0.5, 0.6) is 0 Å². The average molecular weight is 372 g/mol. The zero-order chi connectivity index (χ0) is 17.9. The van der Waals surface area contributed by atoms with Gasteiger partial charge in [0, 0.05) is 36.0 Å². The summed E-state index contributed by atoms with van der Waals surface area (Å²) in [5.74, 6) is 0. The fourth-order valence-electron chi connectivity index (χ4n) is 3.05. The molecular weight excluding hydrogens is 354 g/mol. The molecular formula is C18H18ClN5O2. The molecule has 1 atom stereocenters. The number of urea groups is 1. The van der Waals surface area contributed by atoms with Crippen molar-refractivity contribution in [2.75, 3.05) is 23.3 Å².